The molecule has 0 bridgehead atoms. The number of methoxy groups -OCH3 is 1. The predicted octanol–water partition coefficient (Wildman–Crippen LogP) is 5.87. The number of aromatic nitrogens is 1. The van der Waals surface area contributed by atoms with E-state index >= 15 is 0 Å². The second kappa shape index (κ2) is 10.2. The Morgan fingerprint density at radius 2 is 1.68 bits per heavy atom. The van der Waals surface area contributed by atoms with E-state index in [0.29, 0.717) is 24.6 Å². The molecule has 4 aromatic rings. The molecule has 190 valence electrons. The molecule has 2 amide bonds. The SMILES string of the molecule is COCCN1C(=O)c2ccccc2[C@@H](C(=O)Nc2ccc(C(C)C)cc2)[C@@H]1c1cn(C)c2ccccc12. The molecule has 1 aliphatic rings. The molecule has 37 heavy (non-hydrogen) atoms. The highest BCUT2D eigenvalue weighted by Gasteiger charge is 2.45. The van der Waals surface area contributed by atoms with Crippen LogP contribution in [0.5, 0.6) is 0 Å². The summed E-state index contributed by atoms with van der Waals surface area (Å²) in [7, 11) is 3.62. The average Bonchev–Trinajstić information content (AvgIpc) is 3.24. The van der Waals surface area contributed by atoms with Crippen molar-refractivity contribution >= 4 is 28.4 Å². The number of rotatable bonds is 7. The van der Waals surface area contributed by atoms with E-state index < -0.39 is 12.0 Å². The van der Waals surface area contributed by atoms with E-state index in [0.717, 1.165) is 27.7 Å². The third-order valence-corrected chi connectivity index (χ3v) is 7.35. The summed E-state index contributed by atoms with van der Waals surface area (Å²) in [4.78, 5) is 29.7. The molecular formula is C31H33N3O3. The fraction of sp³-hybridized carbons (Fsp3) is 0.290. The third kappa shape index (κ3) is 4.53. The van der Waals surface area contributed by atoms with Crippen LogP contribution in [0.3, 0.4) is 0 Å². The maximum Gasteiger partial charge on any atom is 0.254 e. The summed E-state index contributed by atoms with van der Waals surface area (Å²) in [5.74, 6) is -0.416. The Morgan fingerprint density at radius 3 is 2.41 bits per heavy atom. The Morgan fingerprint density at radius 1 is 0.973 bits per heavy atom. The van der Waals surface area contributed by atoms with Gasteiger partial charge in [-0.3, -0.25) is 9.59 Å². The van der Waals surface area contributed by atoms with Crippen LogP contribution in [0, 0.1) is 0 Å². The van der Waals surface area contributed by atoms with Crippen molar-refractivity contribution in [2.24, 2.45) is 7.05 Å². The van der Waals surface area contributed by atoms with Crippen LogP contribution in [0.1, 0.15) is 58.8 Å². The third-order valence-electron chi connectivity index (χ3n) is 7.35. The molecule has 3 aromatic carbocycles. The molecule has 6 heteroatoms. The van der Waals surface area contributed by atoms with Crippen molar-refractivity contribution in [3.63, 3.8) is 0 Å². The maximum absolute atomic E-state index is 14.1. The van der Waals surface area contributed by atoms with Gasteiger partial charge in [0.15, 0.2) is 0 Å². The van der Waals surface area contributed by atoms with E-state index in [1.807, 2.05) is 73.9 Å². The first-order valence-electron chi connectivity index (χ1n) is 12.7. The first-order chi connectivity index (χ1) is 17.9. The molecule has 1 aliphatic heterocycles. The first-order valence-corrected chi connectivity index (χ1v) is 12.7. The number of carbonyl (C=O) groups is 2. The first kappa shape index (κ1) is 24.8. The van der Waals surface area contributed by atoms with Crippen molar-refractivity contribution in [3.8, 4) is 0 Å². The number of amides is 2. The zero-order valence-corrected chi connectivity index (χ0v) is 21.8. The molecular weight excluding hydrogens is 462 g/mol. The largest absolute Gasteiger partial charge is 0.383 e. The van der Waals surface area contributed by atoms with Gasteiger partial charge in [-0.25, -0.2) is 0 Å². The number of hydrogen-bond acceptors (Lipinski definition) is 3. The lowest BCUT2D eigenvalue weighted by Gasteiger charge is -2.41. The highest BCUT2D eigenvalue weighted by Crippen LogP contribution is 2.45. The van der Waals surface area contributed by atoms with Gasteiger partial charge in [0.1, 0.15) is 0 Å². The van der Waals surface area contributed by atoms with Gasteiger partial charge in [0.05, 0.1) is 18.6 Å². The Bertz CT molecular complexity index is 1440. The number of hydrogen-bond donors (Lipinski definition) is 1. The van der Waals surface area contributed by atoms with Gasteiger partial charge in [-0.2, -0.15) is 0 Å². The van der Waals surface area contributed by atoms with Crippen LogP contribution in [-0.4, -0.2) is 41.5 Å². The fourth-order valence-electron chi connectivity index (χ4n) is 5.44. The Kier molecular flexibility index (Phi) is 6.85. The standard InChI is InChI=1S/C31H33N3O3/c1-20(2)21-13-15-22(16-14-21)32-30(35)28-24-10-5-6-11-25(24)31(36)34(17-18-37-4)29(28)26-19-33(3)27-12-8-7-9-23(26)27/h5-16,19-20,28-29H,17-18H2,1-4H3,(H,32,35)/t28-,29+/m1/s1. The number of fused-ring (bicyclic) bond motifs is 2. The van der Waals surface area contributed by atoms with E-state index in [1.165, 1.54) is 5.56 Å². The number of para-hydroxylation sites is 1. The number of ether oxygens (including phenoxy) is 1. The van der Waals surface area contributed by atoms with E-state index in [9.17, 15) is 9.59 Å². The van der Waals surface area contributed by atoms with Crippen LogP contribution < -0.4 is 5.32 Å². The van der Waals surface area contributed by atoms with Gasteiger partial charge in [-0.15, -0.1) is 0 Å². The van der Waals surface area contributed by atoms with Crippen molar-refractivity contribution in [1.82, 2.24) is 9.47 Å². The minimum absolute atomic E-state index is 0.0871. The van der Waals surface area contributed by atoms with Crippen LogP contribution in [0.2, 0.25) is 0 Å². The molecule has 0 radical (unpaired) electrons. The molecule has 0 spiro atoms. The molecule has 0 aliphatic carbocycles. The topological polar surface area (TPSA) is 63.6 Å². The van der Waals surface area contributed by atoms with E-state index in [4.69, 9.17) is 4.74 Å². The molecule has 1 N–H and O–H groups in total. The summed E-state index contributed by atoms with van der Waals surface area (Å²) in [6.07, 6.45) is 2.05. The number of anilines is 1. The van der Waals surface area contributed by atoms with Gasteiger partial charge in [0.25, 0.3) is 5.91 Å². The lowest BCUT2D eigenvalue weighted by atomic mass is 9.79. The molecule has 6 nitrogen and oxygen atoms in total. The highest BCUT2D eigenvalue weighted by molar-refractivity contribution is 6.05. The van der Waals surface area contributed by atoms with Crippen LogP contribution in [-0.2, 0) is 16.6 Å². The number of nitrogens with zero attached hydrogens (tertiary/aromatic N) is 2. The predicted molar refractivity (Wildman–Crippen MR) is 147 cm³/mol. The molecule has 2 heterocycles. The van der Waals surface area contributed by atoms with Crippen LogP contribution >= 0.6 is 0 Å². The van der Waals surface area contributed by atoms with Crippen molar-refractivity contribution < 1.29 is 14.3 Å². The number of benzene rings is 3. The molecule has 0 unspecified atom stereocenters. The fourth-order valence-corrected chi connectivity index (χ4v) is 5.44. The summed E-state index contributed by atoms with van der Waals surface area (Å²) in [5.41, 5.74) is 5.27. The van der Waals surface area contributed by atoms with Gasteiger partial charge < -0.3 is 19.5 Å². The van der Waals surface area contributed by atoms with Crippen molar-refractivity contribution in [2.75, 3.05) is 25.6 Å². The van der Waals surface area contributed by atoms with Gasteiger partial charge in [0.2, 0.25) is 5.91 Å². The van der Waals surface area contributed by atoms with Crippen molar-refractivity contribution in [2.45, 2.75) is 31.7 Å². The number of aryl methyl sites for hydroxylation is 1. The summed E-state index contributed by atoms with van der Waals surface area (Å²) in [6.45, 7) is 5.05. The Hall–Kier alpha value is -3.90. The zero-order valence-electron chi connectivity index (χ0n) is 21.8. The minimum Gasteiger partial charge on any atom is -0.383 e. The van der Waals surface area contributed by atoms with Gasteiger partial charge in [-0.1, -0.05) is 62.4 Å². The van der Waals surface area contributed by atoms with Gasteiger partial charge in [0, 0.05) is 54.6 Å². The average molecular weight is 496 g/mol. The van der Waals surface area contributed by atoms with Crippen LogP contribution in [0.25, 0.3) is 10.9 Å². The number of carbonyl (C=O) groups excluding carboxylic acids is 2. The van der Waals surface area contributed by atoms with Crippen molar-refractivity contribution in [1.29, 1.82) is 0 Å². The quantitative estimate of drug-likeness (QED) is 0.349. The van der Waals surface area contributed by atoms with Crippen LogP contribution in [0.4, 0.5) is 5.69 Å². The number of nitrogens with one attached hydrogen (secondary N) is 1. The zero-order chi connectivity index (χ0) is 26.1. The van der Waals surface area contributed by atoms with Gasteiger partial charge in [-0.05, 0) is 41.3 Å². The summed E-state index contributed by atoms with van der Waals surface area (Å²) in [5, 5.41) is 4.18. The highest BCUT2D eigenvalue weighted by atomic mass is 16.5. The lowest BCUT2D eigenvalue weighted by Crippen LogP contribution is -2.47. The summed E-state index contributed by atoms with van der Waals surface area (Å²) in [6, 6.07) is 23.1. The minimum atomic E-state index is -0.596. The summed E-state index contributed by atoms with van der Waals surface area (Å²) < 4.78 is 7.44. The van der Waals surface area contributed by atoms with E-state index in [1.54, 1.807) is 12.0 Å². The Balaban J connectivity index is 1.64. The molecule has 5 rings (SSSR count). The smallest absolute Gasteiger partial charge is 0.254 e. The normalized spacial score (nSPS) is 17.3. The second-order valence-electron chi connectivity index (χ2n) is 9.98. The second-order valence-corrected chi connectivity index (χ2v) is 9.98. The van der Waals surface area contributed by atoms with Crippen molar-refractivity contribution in [3.05, 3.63) is 101 Å². The molecule has 0 saturated heterocycles. The Labute approximate surface area is 217 Å². The monoisotopic (exact) mass is 495 g/mol. The lowest BCUT2D eigenvalue weighted by molar-refractivity contribution is -0.119. The molecule has 0 fully saturated rings. The maximum atomic E-state index is 14.1. The van der Waals surface area contributed by atoms with E-state index in [2.05, 4.69) is 35.9 Å². The van der Waals surface area contributed by atoms with E-state index in [-0.39, 0.29) is 11.8 Å². The molecule has 2 atom stereocenters. The van der Waals surface area contributed by atoms with Gasteiger partial charge >= 0.3 is 0 Å². The molecule has 0 saturated carbocycles. The molecule has 1 aromatic heterocycles. The van der Waals surface area contributed by atoms with Crippen LogP contribution in [0.15, 0.2) is 79.0 Å². The summed E-state index contributed by atoms with van der Waals surface area (Å²) >= 11 is 0.